The fourth-order valence-corrected chi connectivity index (χ4v) is 6.27. The van der Waals surface area contributed by atoms with E-state index in [1.54, 1.807) is 18.2 Å². The summed E-state index contributed by atoms with van der Waals surface area (Å²) in [7, 11) is 0.0644. The molecule has 0 spiro atoms. The molecule has 1 amide bonds. The van der Waals surface area contributed by atoms with Crippen LogP contribution >= 0.6 is 0 Å². The van der Waals surface area contributed by atoms with Crippen molar-refractivity contribution in [3.05, 3.63) is 65.7 Å². The number of sulfonamides is 1. The van der Waals surface area contributed by atoms with Gasteiger partial charge in [-0.2, -0.15) is 4.72 Å². The Morgan fingerprint density at radius 3 is 2.31 bits per heavy atom. The van der Waals surface area contributed by atoms with Gasteiger partial charge < -0.3 is 30.6 Å². The van der Waals surface area contributed by atoms with Crippen molar-refractivity contribution in [1.82, 2.24) is 9.62 Å². The van der Waals surface area contributed by atoms with Crippen molar-refractivity contribution >= 4 is 38.6 Å². The van der Waals surface area contributed by atoms with Gasteiger partial charge in [-0.25, -0.2) is 13.2 Å². The number of guanidine groups is 1. The Labute approximate surface area is 244 Å². The molecule has 0 saturated carbocycles. The van der Waals surface area contributed by atoms with Crippen molar-refractivity contribution in [1.29, 1.82) is 0 Å². The fraction of sp³-hybridized carbons (Fsp3) is 0.345. The van der Waals surface area contributed by atoms with Gasteiger partial charge in [0.1, 0.15) is 12.1 Å². The van der Waals surface area contributed by atoms with Crippen LogP contribution in [-0.2, 0) is 37.3 Å². The van der Waals surface area contributed by atoms with E-state index in [-0.39, 0.29) is 36.8 Å². The van der Waals surface area contributed by atoms with Crippen LogP contribution in [0.15, 0.2) is 64.5 Å². The third-order valence-corrected chi connectivity index (χ3v) is 8.64. The summed E-state index contributed by atoms with van der Waals surface area (Å²) in [5.74, 6) is -0.299. The lowest BCUT2D eigenvalue weighted by Gasteiger charge is -2.37. The van der Waals surface area contributed by atoms with E-state index in [0.29, 0.717) is 23.3 Å². The third kappa shape index (κ3) is 6.74. The lowest BCUT2D eigenvalue weighted by atomic mass is 9.93. The molecule has 5 N–H and O–H groups in total. The SMILES string of the molecule is COC(=O)C1Cc2ccccc2CN1C(=O)[C@H](CCCN=C(N)N)NS(=O)(=O)c1ccc2cc(OC)c(OC)cc2c1. The number of nitrogens with zero attached hydrogens (tertiary/aromatic N) is 2. The number of esters is 1. The van der Waals surface area contributed by atoms with Gasteiger partial charge in [0, 0.05) is 19.5 Å². The fourth-order valence-electron chi connectivity index (χ4n) is 5.01. The maximum Gasteiger partial charge on any atom is 0.328 e. The number of amides is 1. The Kier molecular flexibility index (Phi) is 9.53. The van der Waals surface area contributed by atoms with E-state index in [9.17, 15) is 18.0 Å². The van der Waals surface area contributed by atoms with Gasteiger partial charge in [-0.15, -0.1) is 0 Å². The molecule has 1 unspecified atom stereocenters. The highest BCUT2D eigenvalue weighted by Crippen LogP contribution is 2.33. The second-order valence-electron chi connectivity index (χ2n) is 9.82. The molecule has 224 valence electrons. The number of nitrogens with two attached hydrogens (primary N) is 2. The van der Waals surface area contributed by atoms with E-state index < -0.39 is 34.0 Å². The van der Waals surface area contributed by atoms with Gasteiger partial charge in [0.2, 0.25) is 15.9 Å². The molecular formula is C29H35N5O7S. The standard InChI is InChI=1S/C29H35N5O7S/c1-39-25-15-19-10-11-22(13-21(19)16-26(25)40-2)42(37,38)33-23(9-6-12-32-29(30)31)27(35)34-17-20-8-5-4-7-18(20)14-24(34)28(36)41-3/h4-5,7-8,10-11,13,15-16,23-24,33H,6,9,12,14,17H2,1-3H3,(H4,30,31,32)/t23-,24?/m0/s1. The van der Waals surface area contributed by atoms with Gasteiger partial charge in [-0.1, -0.05) is 30.3 Å². The molecular weight excluding hydrogens is 562 g/mol. The van der Waals surface area contributed by atoms with Gasteiger partial charge >= 0.3 is 5.97 Å². The first-order valence-electron chi connectivity index (χ1n) is 13.3. The number of ether oxygens (including phenoxy) is 3. The van der Waals surface area contributed by atoms with Crippen molar-refractivity contribution in [2.45, 2.75) is 42.8 Å². The molecule has 4 rings (SSSR count). The van der Waals surface area contributed by atoms with E-state index in [1.807, 2.05) is 24.3 Å². The Bertz CT molecular complexity index is 1610. The van der Waals surface area contributed by atoms with Gasteiger partial charge in [-0.05, 0) is 59.0 Å². The second-order valence-corrected chi connectivity index (χ2v) is 11.5. The minimum absolute atomic E-state index is 0.0437. The number of hydrogen-bond acceptors (Lipinski definition) is 8. The van der Waals surface area contributed by atoms with Gasteiger partial charge in [0.15, 0.2) is 17.5 Å². The van der Waals surface area contributed by atoms with Crippen LogP contribution < -0.4 is 25.7 Å². The van der Waals surface area contributed by atoms with Crippen LogP contribution in [0.5, 0.6) is 11.5 Å². The number of fused-ring (bicyclic) bond motifs is 2. The summed E-state index contributed by atoms with van der Waals surface area (Å²) in [5.41, 5.74) is 12.7. The Morgan fingerprint density at radius 1 is 1.00 bits per heavy atom. The highest BCUT2D eigenvalue weighted by Gasteiger charge is 2.39. The molecule has 3 aromatic carbocycles. The summed E-state index contributed by atoms with van der Waals surface area (Å²) < 4.78 is 45.6. The molecule has 0 fully saturated rings. The number of hydrogen-bond donors (Lipinski definition) is 3. The first-order valence-corrected chi connectivity index (χ1v) is 14.7. The predicted molar refractivity (Wildman–Crippen MR) is 158 cm³/mol. The molecule has 0 aromatic heterocycles. The van der Waals surface area contributed by atoms with Crippen molar-refractivity contribution in [2.75, 3.05) is 27.9 Å². The first kappa shape index (κ1) is 30.6. The largest absolute Gasteiger partial charge is 0.493 e. The molecule has 1 aliphatic rings. The second kappa shape index (κ2) is 13.1. The normalized spacial score (nSPS) is 15.4. The Morgan fingerprint density at radius 2 is 1.67 bits per heavy atom. The van der Waals surface area contributed by atoms with Crippen LogP contribution in [0.25, 0.3) is 10.8 Å². The van der Waals surface area contributed by atoms with Crippen LogP contribution in [0.4, 0.5) is 0 Å². The van der Waals surface area contributed by atoms with Gasteiger partial charge in [0.05, 0.1) is 26.2 Å². The summed E-state index contributed by atoms with van der Waals surface area (Å²) in [4.78, 5) is 32.1. The van der Waals surface area contributed by atoms with Crippen LogP contribution in [0.3, 0.4) is 0 Å². The van der Waals surface area contributed by atoms with Crippen molar-refractivity contribution < 1.29 is 32.2 Å². The monoisotopic (exact) mass is 597 g/mol. The van der Waals surface area contributed by atoms with E-state index in [4.69, 9.17) is 25.7 Å². The number of rotatable bonds is 11. The Hall–Kier alpha value is -4.36. The van der Waals surface area contributed by atoms with Crippen molar-refractivity contribution in [3.8, 4) is 11.5 Å². The number of carbonyl (C=O) groups excluding carboxylic acids is 2. The van der Waals surface area contributed by atoms with Crippen LogP contribution in [0.1, 0.15) is 24.0 Å². The molecule has 1 aliphatic heterocycles. The zero-order valence-corrected chi connectivity index (χ0v) is 24.5. The zero-order valence-electron chi connectivity index (χ0n) is 23.7. The molecule has 3 aromatic rings. The maximum atomic E-state index is 14.0. The number of aliphatic imine (C=N–C) groups is 1. The predicted octanol–water partition coefficient (Wildman–Crippen LogP) is 1.68. The summed E-state index contributed by atoms with van der Waals surface area (Å²) >= 11 is 0. The molecule has 0 bridgehead atoms. The quantitative estimate of drug-likeness (QED) is 0.128. The average Bonchev–Trinajstić information content (AvgIpc) is 2.99. The van der Waals surface area contributed by atoms with E-state index in [0.717, 1.165) is 16.5 Å². The van der Waals surface area contributed by atoms with Crippen LogP contribution in [0.2, 0.25) is 0 Å². The summed E-state index contributed by atoms with van der Waals surface area (Å²) in [5, 5.41) is 1.34. The molecule has 2 atom stereocenters. The highest BCUT2D eigenvalue weighted by atomic mass is 32.2. The lowest BCUT2D eigenvalue weighted by molar-refractivity contribution is -0.154. The van der Waals surface area contributed by atoms with E-state index >= 15 is 0 Å². The number of benzene rings is 3. The molecule has 0 radical (unpaired) electrons. The van der Waals surface area contributed by atoms with E-state index in [2.05, 4.69) is 9.71 Å². The minimum atomic E-state index is -4.20. The maximum absolute atomic E-state index is 14.0. The summed E-state index contributed by atoms with van der Waals surface area (Å²) in [6, 6.07) is 13.4. The summed E-state index contributed by atoms with van der Waals surface area (Å²) in [6.07, 6.45) is 0.635. The van der Waals surface area contributed by atoms with Crippen molar-refractivity contribution in [2.24, 2.45) is 16.5 Å². The summed E-state index contributed by atoms with van der Waals surface area (Å²) in [6.45, 7) is 0.313. The molecule has 1 heterocycles. The van der Waals surface area contributed by atoms with Gasteiger partial charge in [-0.3, -0.25) is 9.79 Å². The molecule has 0 aliphatic carbocycles. The van der Waals surface area contributed by atoms with Gasteiger partial charge in [0.25, 0.3) is 0 Å². The first-order chi connectivity index (χ1) is 20.1. The van der Waals surface area contributed by atoms with Crippen LogP contribution in [-0.4, -0.2) is 71.1 Å². The smallest absolute Gasteiger partial charge is 0.328 e. The number of methoxy groups -OCH3 is 3. The third-order valence-electron chi connectivity index (χ3n) is 7.17. The lowest BCUT2D eigenvalue weighted by Crippen LogP contribution is -2.55. The molecule has 0 saturated heterocycles. The number of carbonyl (C=O) groups is 2. The van der Waals surface area contributed by atoms with Crippen LogP contribution in [0, 0.1) is 0 Å². The average molecular weight is 598 g/mol. The van der Waals surface area contributed by atoms with E-state index in [1.165, 1.54) is 38.4 Å². The number of nitrogens with one attached hydrogen (secondary N) is 1. The molecule has 42 heavy (non-hydrogen) atoms. The van der Waals surface area contributed by atoms with Crippen molar-refractivity contribution in [3.63, 3.8) is 0 Å². The minimum Gasteiger partial charge on any atom is -0.493 e. The molecule has 12 nitrogen and oxygen atoms in total. The Balaban J connectivity index is 1.67. The molecule has 13 heteroatoms. The topological polar surface area (TPSA) is 176 Å². The zero-order chi connectivity index (χ0) is 30.4. The highest BCUT2D eigenvalue weighted by molar-refractivity contribution is 7.89.